The fraction of sp³-hybridized carbons (Fsp3) is 0.500. The number of halogens is 1. The third-order valence-electron chi connectivity index (χ3n) is 1.10. The molecule has 0 aliphatic carbocycles. The van der Waals surface area contributed by atoms with Crippen LogP contribution in [0, 0.1) is 0 Å². The van der Waals surface area contributed by atoms with Gasteiger partial charge in [0.1, 0.15) is 17.6 Å². The summed E-state index contributed by atoms with van der Waals surface area (Å²) in [5.74, 6) is 0. The molecule has 3 nitrogen and oxygen atoms in total. The highest BCUT2D eigenvalue weighted by Crippen LogP contribution is 2.19. The zero-order valence-corrected chi connectivity index (χ0v) is 6.51. The van der Waals surface area contributed by atoms with Gasteiger partial charge in [0, 0.05) is 0 Å². The summed E-state index contributed by atoms with van der Waals surface area (Å²) in [6.45, 7) is 3.22. The fourth-order valence-electron chi connectivity index (χ4n) is 0.533. The summed E-state index contributed by atoms with van der Waals surface area (Å²) < 4.78 is 4.69. The Hall–Kier alpha value is -0.540. The van der Waals surface area contributed by atoms with Crippen molar-refractivity contribution < 1.29 is 9.52 Å². The number of aliphatic hydroxyl groups is 1. The van der Waals surface area contributed by atoms with Gasteiger partial charge in [-0.25, -0.2) is 4.98 Å². The van der Waals surface area contributed by atoms with Crippen LogP contribution in [0.2, 0.25) is 5.35 Å². The van der Waals surface area contributed by atoms with Gasteiger partial charge in [0.2, 0.25) is 0 Å². The van der Waals surface area contributed by atoms with Gasteiger partial charge in [-0.05, 0) is 25.4 Å². The zero-order chi connectivity index (χ0) is 7.78. The quantitative estimate of drug-likeness (QED) is 0.680. The van der Waals surface area contributed by atoms with Gasteiger partial charge < -0.3 is 9.52 Å². The minimum Gasteiger partial charge on any atom is -0.436 e. The van der Waals surface area contributed by atoms with Gasteiger partial charge in [-0.3, -0.25) is 0 Å². The predicted molar refractivity (Wildman–Crippen MR) is 36.8 cm³/mol. The van der Waals surface area contributed by atoms with E-state index in [9.17, 15) is 5.11 Å². The molecule has 10 heavy (non-hydrogen) atoms. The molecule has 0 aliphatic heterocycles. The molecule has 4 heteroatoms. The van der Waals surface area contributed by atoms with Crippen molar-refractivity contribution in [2.75, 3.05) is 0 Å². The van der Waals surface area contributed by atoms with Crippen LogP contribution in [0.1, 0.15) is 19.5 Å². The molecule has 1 rings (SSSR count). The number of oxazole rings is 1. The molecule has 0 radical (unpaired) electrons. The minimum atomic E-state index is -0.976. The molecule has 0 spiro atoms. The molecule has 56 valence electrons. The van der Waals surface area contributed by atoms with Crippen LogP contribution in [0.3, 0.4) is 0 Å². The second-order valence-corrected chi connectivity index (χ2v) is 2.87. The van der Waals surface area contributed by atoms with Crippen molar-refractivity contribution >= 4 is 11.6 Å². The van der Waals surface area contributed by atoms with Crippen LogP contribution in [-0.4, -0.2) is 10.1 Å². The topological polar surface area (TPSA) is 46.3 Å². The van der Waals surface area contributed by atoms with E-state index in [0.29, 0.717) is 5.69 Å². The Kier molecular flexibility index (Phi) is 1.70. The molecule has 0 aromatic carbocycles. The van der Waals surface area contributed by atoms with E-state index >= 15 is 0 Å². The summed E-state index contributed by atoms with van der Waals surface area (Å²) in [7, 11) is 0. The first kappa shape index (κ1) is 7.57. The lowest BCUT2D eigenvalue weighted by molar-refractivity contribution is 0.0737. The van der Waals surface area contributed by atoms with E-state index in [-0.39, 0.29) is 5.35 Å². The van der Waals surface area contributed by atoms with E-state index in [1.54, 1.807) is 13.8 Å². The van der Waals surface area contributed by atoms with E-state index in [4.69, 9.17) is 11.6 Å². The van der Waals surface area contributed by atoms with Crippen molar-refractivity contribution in [3.63, 3.8) is 0 Å². The zero-order valence-electron chi connectivity index (χ0n) is 5.76. The highest BCUT2D eigenvalue weighted by atomic mass is 35.5. The second kappa shape index (κ2) is 2.25. The van der Waals surface area contributed by atoms with Gasteiger partial charge in [0.05, 0.1) is 0 Å². The van der Waals surface area contributed by atoms with Gasteiger partial charge in [0.15, 0.2) is 0 Å². The third kappa shape index (κ3) is 1.49. The maximum absolute atomic E-state index is 9.32. The molecular weight excluding hydrogens is 154 g/mol. The Morgan fingerprint density at radius 2 is 2.30 bits per heavy atom. The smallest absolute Gasteiger partial charge is 0.292 e. The lowest BCUT2D eigenvalue weighted by atomic mass is 10.1. The molecule has 1 aromatic rings. The summed E-state index contributed by atoms with van der Waals surface area (Å²) in [4.78, 5) is 3.73. The molecule has 0 unspecified atom stereocenters. The largest absolute Gasteiger partial charge is 0.436 e. The molecule has 1 aromatic heterocycles. The Morgan fingerprint density at radius 1 is 1.70 bits per heavy atom. The lowest BCUT2D eigenvalue weighted by Gasteiger charge is -2.11. The first-order valence-electron chi connectivity index (χ1n) is 2.84. The molecule has 0 amide bonds. The van der Waals surface area contributed by atoms with Crippen LogP contribution in [0.25, 0.3) is 0 Å². The highest BCUT2D eigenvalue weighted by molar-refractivity contribution is 6.27. The summed E-state index contributed by atoms with van der Waals surface area (Å²) in [6.07, 6.45) is 1.34. The lowest BCUT2D eigenvalue weighted by Crippen LogP contribution is -2.15. The highest BCUT2D eigenvalue weighted by Gasteiger charge is 2.19. The Bertz CT molecular complexity index is 226. The first-order chi connectivity index (χ1) is 4.50. The van der Waals surface area contributed by atoms with Crippen LogP contribution in [-0.2, 0) is 5.60 Å². The predicted octanol–water partition coefficient (Wildman–Crippen LogP) is 1.56. The number of hydrogen-bond acceptors (Lipinski definition) is 3. The molecule has 0 bridgehead atoms. The SMILES string of the molecule is CC(C)(O)c1coc(Cl)n1. The molecule has 1 N–H and O–H groups in total. The van der Waals surface area contributed by atoms with E-state index in [1.165, 1.54) is 6.26 Å². The van der Waals surface area contributed by atoms with Crippen molar-refractivity contribution in [1.29, 1.82) is 0 Å². The van der Waals surface area contributed by atoms with Crippen LogP contribution in [0.4, 0.5) is 0 Å². The fourth-order valence-corrected chi connectivity index (χ4v) is 0.668. The monoisotopic (exact) mass is 161 g/mol. The number of hydrogen-bond donors (Lipinski definition) is 1. The Labute approximate surface area is 63.6 Å². The normalized spacial score (nSPS) is 12.0. The molecule has 1 heterocycles. The minimum absolute atomic E-state index is 0.0529. The van der Waals surface area contributed by atoms with Crippen LogP contribution >= 0.6 is 11.6 Å². The maximum atomic E-state index is 9.32. The maximum Gasteiger partial charge on any atom is 0.292 e. The van der Waals surface area contributed by atoms with E-state index in [0.717, 1.165) is 0 Å². The molecule has 0 atom stereocenters. The Morgan fingerprint density at radius 3 is 2.50 bits per heavy atom. The van der Waals surface area contributed by atoms with Gasteiger partial charge in [-0.1, -0.05) is 0 Å². The van der Waals surface area contributed by atoms with Crippen molar-refractivity contribution in [1.82, 2.24) is 4.98 Å². The molecular formula is C6H8ClNO2. The van der Waals surface area contributed by atoms with E-state index < -0.39 is 5.60 Å². The van der Waals surface area contributed by atoms with Gasteiger partial charge >= 0.3 is 0 Å². The van der Waals surface area contributed by atoms with Crippen molar-refractivity contribution in [2.45, 2.75) is 19.4 Å². The first-order valence-corrected chi connectivity index (χ1v) is 3.22. The summed E-state index contributed by atoms with van der Waals surface area (Å²) >= 11 is 5.38. The summed E-state index contributed by atoms with van der Waals surface area (Å²) in [6, 6.07) is 0. The van der Waals surface area contributed by atoms with Crippen molar-refractivity contribution in [3.8, 4) is 0 Å². The van der Waals surface area contributed by atoms with E-state index in [2.05, 4.69) is 9.40 Å². The molecule has 0 fully saturated rings. The van der Waals surface area contributed by atoms with Gasteiger partial charge in [-0.2, -0.15) is 0 Å². The molecule has 0 aliphatic rings. The number of nitrogens with zero attached hydrogens (tertiary/aromatic N) is 1. The second-order valence-electron chi connectivity index (χ2n) is 2.54. The average Bonchev–Trinajstić information content (AvgIpc) is 2.11. The average molecular weight is 162 g/mol. The summed E-state index contributed by atoms with van der Waals surface area (Å²) in [5, 5.41) is 9.37. The van der Waals surface area contributed by atoms with Gasteiger partial charge in [0.25, 0.3) is 5.35 Å². The number of rotatable bonds is 1. The molecule has 0 saturated heterocycles. The van der Waals surface area contributed by atoms with Crippen molar-refractivity contribution in [3.05, 3.63) is 17.3 Å². The Balaban J connectivity index is 2.96. The van der Waals surface area contributed by atoms with Crippen molar-refractivity contribution in [2.24, 2.45) is 0 Å². The van der Waals surface area contributed by atoms with Crippen LogP contribution in [0.5, 0.6) is 0 Å². The van der Waals surface area contributed by atoms with E-state index in [1.807, 2.05) is 0 Å². The summed E-state index contributed by atoms with van der Waals surface area (Å²) in [5.41, 5.74) is -0.533. The van der Waals surface area contributed by atoms with Gasteiger partial charge in [-0.15, -0.1) is 0 Å². The molecule has 0 saturated carbocycles. The number of aromatic nitrogens is 1. The van der Waals surface area contributed by atoms with Crippen LogP contribution in [0.15, 0.2) is 10.7 Å². The van der Waals surface area contributed by atoms with Crippen LogP contribution < -0.4 is 0 Å². The third-order valence-corrected chi connectivity index (χ3v) is 1.28. The standard InChI is InChI=1S/C6H8ClNO2/c1-6(2,9)4-3-10-5(7)8-4/h3,9H,1-2H3.